The predicted molar refractivity (Wildman–Crippen MR) is 60.1 cm³/mol. The van der Waals surface area contributed by atoms with Crippen LogP contribution in [0.4, 0.5) is 0 Å². The molecule has 3 heteroatoms. The Bertz CT molecular complexity index is 132. The van der Waals surface area contributed by atoms with E-state index in [2.05, 4.69) is 44.0 Å². The van der Waals surface area contributed by atoms with Gasteiger partial charge in [0.2, 0.25) is 0 Å². The molecule has 0 rings (SSSR count). The third-order valence-corrected chi connectivity index (χ3v) is 2.12. The topological polar surface area (TPSA) is 0 Å². The van der Waals surface area contributed by atoms with Crippen LogP contribution in [0.3, 0.4) is 0 Å². The van der Waals surface area contributed by atoms with Crippen LogP contribution in [0, 0.1) is 0 Å². The van der Waals surface area contributed by atoms with Crippen LogP contribution in [0.1, 0.15) is 6.42 Å². The molecule has 0 aliphatic rings. The standard InChI is InChI=1S/C8H11Br2Cl/c9-6-2-1-4-8(11)5-3-7-10/h1-3,5,8H,4,6-7H2/b2-1+,5-3+. The lowest BCUT2D eigenvalue weighted by atomic mass is 10.2. The number of halogens is 3. The van der Waals surface area contributed by atoms with Gasteiger partial charge >= 0.3 is 0 Å². The quantitative estimate of drug-likeness (QED) is 0.534. The minimum Gasteiger partial charge on any atom is -0.118 e. The molecule has 0 nitrogen and oxygen atoms in total. The van der Waals surface area contributed by atoms with E-state index in [0.29, 0.717) is 0 Å². The second-order valence-electron chi connectivity index (χ2n) is 1.96. The molecule has 0 aromatic heterocycles. The highest BCUT2D eigenvalue weighted by Gasteiger charge is 1.93. The molecule has 1 unspecified atom stereocenters. The zero-order valence-electron chi connectivity index (χ0n) is 6.14. The Hall–Kier alpha value is 0.730. The molecule has 0 spiro atoms. The van der Waals surface area contributed by atoms with Crippen molar-refractivity contribution in [2.24, 2.45) is 0 Å². The molecule has 0 aromatic rings. The number of allylic oxidation sites excluding steroid dienone is 4. The summed E-state index contributed by atoms with van der Waals surface area (Å²) in [5.74, 6) is 0. The Morgan fingerprint density at radius 2 is 1.73 bits per heavy atom. The molecular formula is C8H11Br2Cl. The summed E-state index contributed by atoms with van der Waals surface area (Å²) in [7, 11) is 0. The summed E-state index contributed by atoms with van der Waals surface area (Å²) in [5, 5.41) is 1.90. The average molecular weight is 302 g/mol. The highest BCUT2D eigenvalue weighted by Crippen LogP contribution is 2.05. The lowest BCUT2D eigenvalue weighted by molar-refractivity contribution is 1.06. The van der Waals surface area contributed by atoms with Gasteiger partial charge in [0.05, 0.1) is 5.38 Å². The van der Waals surface area contributed by atoms with Crippen LogP contribution in [0.2, 0.25) is 0 Å². The van der Waals surface area contributed by atoms with Crippen LogP contribution in [-0.2, 0) is 0 Å². The number of hydrogen-bond donors (Lipinski definition) is 0. The second kappa shape index (κ2) is 8.82. The minimum absolute atomic E-state index is 0.128. The van der Waals surface area contributed by atoms with Crippen LogP contribution >= 0.6 is 43.5 Å². The van der Waals surface area contributed by atoms with E-state index >= 15 is 0 Å². The molecule has 0 heterocycles. The second-order valence-corrected chi connectivity index (χ2v) is 3.82. The number of hydrogen-bond acceptors (Lipinski definition) is 0. The molecule has 0 aliphatic carbocycles. The minimum atomic E-state index is 0.128. The van der Waals surface area contributed by atoms with Gasteiger partial charge in [0.25, 0.3) is 0 Å². The van der Waals surface area contributed by atoms with Gasteiger partial charge in [-0.25, -0.2) is 0 Å². The summed E-state index contributed by atoms with van der Waals surface area (Å²) in [6.07, 6.45) is 9.04. The van der Waals surface area contributed by atoms with E-state index in [0.717, 1.165) is 17.1 Å². The zero-order valence-corrected chi connectivity index (χ0v) is 10.1. The molecule has 11 heavy (non-hydrogen) atoms. The summed E-state index contributed by atoms with van der Waals surface area (Å²) < 4.78 is 0. The predicted octanol–water partition coefficient (Wildman–Crippen LogP) is 3.89. The van der Waals surface area contributed by atoms with E-state index in [4.69, 9.17) is 11.6 Å². The van der Waals surface area contributed by atoms with E-state index in [9.17, 15) is 0 Å². The summed E-state index contributed by atoms with van der Waals surface area (Å²) >= 11 is 12.5. The van der Waals surface area contributed by atoms with Gasteiger partial charge in [0, 0.05) is 10.7 Å². The third-order valence-electron chi connectivity index (χ3n) is 1.05. The first-order chi connectivity index (χ1) is 5.31. The van der Waals surface area contributed by atoms with Crippen molar-refractivity contribution < 1.29 is 0 Å². The third kappa shape index (κ3) is 8.64. The van der Waals surface area contributed by atoms with Gasteiger partial charge in [-0.1, -0.05) is 56.2 Å². The smallest absolute Gasteiger partial charge is 0.0550 e. The van der Waals surface area contributed by atoms with Gasteiger partial charge in [0.15, 0.2) is 0 Å². The van der Waals surface area contributed by atoms with Crippen molar-refractivity contribution in [3.05, 3.63) is 24.3 Å². The highest BCUT2D eigenvalue weighted by molar-refractivity contribution is 9.09. The first-order valence-electron chi connectivity index (χ1n) is 3.39. The lowest BCUT2D eigenvalue weighted by Gasteiger charge is -1.96. The molecule has 0 amide bonds. The Labute approximate surface area is 90.0 Å². The Balaban J connectivity index is 3.43. The van der Waals surface area contributed by atoms with Gasteiger partial charge < -0.3 is 0 Å². The van der Waals surface area contributed by atoms with Crippen molar-refractivity contribution in [3.8, 4) is 0 Å². The fraction of sp³-hybridized carbons (Fsp3) is 0.500. The molecule has 0 N–H and O–H groups in total. The summed E-state index contributed by atoms with van der Waals surface area (Å²) in [5.41, 5.74) is 0. The SMILES string of the molecule is ClC(/C=C/CBr)C/C=C/CBr. The molecule has 0 saturated heterocycles. The fourth-order valence-corrected chi connectivity index (χ4v) is 1.25. The largest absolute Gasteiger partial charge is 0.118 e. The molecular weight excluding hydrogens is 291 g/mol. The summed E-state index contributed by atoms with van der Waals surface area (Å²) in [6, 6.07) is 0. The van der Waals surface area contributed by atoms with E-state index in [1.807, 2.05) is 12.2 Å². The number of alkyl halides is 3. The van der Waals surface area contributed by atoms with Crippen molar-refractivity contribution in [2.45, 2.75) is 11.8 Å². The van der Waals surface area contributed by atoms with Crippen molar-refractivity contribution in [1.82, 2.24) is 0 Å². The first-order valence-corrected chi connectivity index (χ1v) is 6.07. The van der Waals surface area contributed by atoms with Crippen LogP contribution in [0.5, 0.6) is 0 Å². The molecule has 0 saturated carbocycles. The Morgan fingerprint density at radius 1 is 1.09 bits per heavy atom. The van der Waals surface area contributed by atoms with Gasteiger partial charge in [-0.3, -0.25) is 0 Å². The highest BCUT2D eigenvalue weighted by atomic mass is 79.9. The monoisotopic (exact) mass is 300 g/mol. The maximum absolute atomic E-state index is 5.92. The maximum Gasteiger partial charge on any atom is 0.0550 e. The van der Waals surface area contributed by atoms with Crippen LogP contribution < -0.4 is 0 Å². The van der Waals surface area contributed by atoms with Crippen LogP contribution in [0.15, 0.2) is 24.3 Å². The van der Waals surface area contributed by atoms with Gasteiger partial charge in [-0.15, -0.1) is 11.6 Å². The van der Waals surface area contributed by atoms with Crippen molar-refractivity contribution in [1.29, 1.82) is 0 Å². The molecule has 64 valence electrons. The van der Waals surface area contributed by atoms with Crippen LogP contribution in [-0.4, -0.2) is 16.0 Å². The van der Waals surface area contributed by atoms with Crippen LogP contribution in [0.25, 0.3) is 0 Å². The summed E-state index contributed by atoms with van der Waals surface area (Å²) in [6.45, 7) is 0. The maximum atomic E-state index is 5.92. The molecule has 0 fully saturated rings. The van der Waals surface area contributed by atoms with Crippen molar-refractivity contribution in [3.63, 3.8) is 0 Å². The van der Waals surface area contributed by atoms with E-state index < -0.39 is 0 Å². The zero-order chi connectivity index (χ0) is 8.53. The molecule has 1 atom stereocenters. The first kappa shape index (κ1) is 11.7. The van der Waals surface area contributed by atoms with E-state index in [-0.39, 0.29) is 5.38 Å². The van der Waals surface area contributed by atoms with E-state index in [1.165, 1.54) is 0 Å². The normalized spacial score (nSPS) is 14.8. The molecule has 0 aromatic carbocycles. The average Bonchev–Trinajstić information content (AvgIpc) is 2.01. The fourth-order valence-electron chi connectivity index (χ4n) is 0.567. The Morgan fingerprint density at radius 3 is 2.27 bits per heavy atom. The van der Waals surface area contributed by atoms with E-state index in [1.54, 1.807) is 0 Å². The van der Waals surface area contributed by atoms with Gasteiger partial charge in [0.1, 0.15) is 0 Å². The summed E-state index contributed by atoms with van der Waals surface area (Å²) in [4.78, 5) is 0. The van der Waals surface area contributed by atoms with Gasteiger partial charge in [-0.2, -0.15) is 0 Å². The molecule has 0 bridgehead atoms. The number of rotatable bonds is 5. The molecule has 0 radical (unpaired) electrons. The lowest BCUT2D eigenvalue weighted by Crippen LogP contribution is -1.89. The Kier molecular flexibility index (Phi) is 9.41. The molecule has 0 aliphatic heterocycles. The van der Waals surface area contributed by atoms with Crippen molar-refractivity contribution in [2.75, 3.05) is 10.7 Å². The van der Waals surface area contributed by atoms with Gasteiger partial charge in [-0.05, 0) is 6.42 Å². The van der Waals surface area contributed by atoms with Crippen molar-refractivity contribution >= 4 is 43.5 Å².